The summed E-state index contributed by atoms with van der Waals surface area (Å²) in [6, 6.07) is 0.373. The van der Waals surface area contributed by atoms with Crippen molar-refractivity contribution in [2.24, 2.45) is 5.92 Å². The minimum atomic E-state index is -0.885. The van der Waals surface area contributed by atoms with Crippen LogP contribution in [0.3, 0.4) is 0 Å². The van der Waals surface area contributed by atoms with E-state index in [0.29, 0.717) is 0 Å². The molecule has 0 aromatic heterocycles. The first-order valence-corrected chi connectivity index (χ1v) is 6.83. The third-order valence-electron chi connectivity index (χ3n) is 3.72. The lowest BCUT2D eigenvalue weighted by Gasteiger charge is -2.38. The molecule has 21 heavy (non-hydrogen) atoms. The number of nitrogens with one attached hydrogen (secondary N) is 1. The van der Waals surface area contributed by atoms with Gasteiger partial charge in [0.05, 0.1) is 5.69 Å². The van der Waals surface area contributed by atoms with Crippen LogP contribution in [0.1, 0.15) is 26.3 Å². The van der Waals surface area contributed by atoms with Crippen molar-refractivity contribution in [1.82, 2.24) is 5.32 Å². The fraction of sp³-hybridized carbons (Fsp3) is 0.467. The number of aryl methyl sites for hydroxylation is 1. The number of amides is 2. The van der Waals surface area contributed by atoms with Gasteiger partial charge in [0, 0.05) is 6.07 Å². The van der Waals surface area contributed by atoms with Crippen LogP contribution in [0.15, 0.2) is 12.1 Å². The minimum Gasteiger partial charge on any atom is -0.342 e. The molecule has 2 amide bonds. The molecular formula is C15H18F2N2O2. The molecule has 1 saturated heterocycles. The second kappa shape index (κ2) is 5.42. The summed E-state index contributed by atoms with van der Waals surface area (Å²) in [5.41, 5.74) is -0.0469. The Morgan fingerprint density at radius 1 is 1.19 bits per heavy atom. The normalized spacial score (nSPS) is 22.7. The van der Waals surface area contributed by atoms with Gasteiger partial charge in [0.2, 0.25) is 5.91 Å². The molecule has 114 valence electrons. The van der Waals surface area contributed by atoms with Crippen LogP contribution >= 0.6 is 0 Å². The maximum Gasteiger partial charge on any atom is 0.250 e. The number of nitrogens with zero attached hydrogens (tertiary/aromatic N) is 1. The Labute approximate surface area is 122 Å². The molecule has 6 heteroatoms. The van der Waals surface area contributed by atoms with Gasteiger partial charge in [0.1, 0.15) is 23.7 Å². The van der Waals surface area contributed by atoms with Crippen LogP contribution in [0.2, 0.25) is 0 Å². The van der Waals surface area contributed by atoms with E-state index in [1.54, 1.807) is 13.8 Å². The topological polar surface area (TPSA) is 49.4 Å². The van der Waals surface area contributed by atoms with Crippen molar-refractivity contribution in [2.45, 2.75) is 39.8 Å². The SMILES string of the molecule is Cc1cc(F)c(N2C(=O)C(C(C)C)NC(=O)C2C)cc1F. The molecule has 0 aliphatic carbocycles. The van der Waals surface area contributed by atoms with Gasteiger partial charge < -0.3 is 5.32 Å². The highest BCUT2D eigenvalue weighted by molar-refractivity contribution is 6.08. The molecule has 1 N–H and O–H groups in total. The monoisotopic (exact) mass is 296 g/mol. The van der Waals surface area contributed by atoms with E-state index in [1.165, 1.54) is 13.8 Å². The molecule has 2 rings (SSSR count). The van der Waals surface area contributed by atoms with Gasteiger partial charge in [-0.05, 0) is 31.4 Å². The van der Waals surface area contributed by atoms with Crippen LogP contribution in [-0.2, 0) is 9.59 Å². The number of rotatable bonds is 2. The smallest absolute Gasteiger partial charge is 0.250 e. The molecular weight excluding hydrogens is 278 g/mol. The van der Waals surface area contributed by atoms with Crippen LogP contribution in [-0.4, -0.2) is 23.9 Å². The summed E-state index contributed by atoms with van der Waals surface area (Å²) in [7, 11) is 0. The zero-order valence-electron chi connectivity index (χ0n) is 12.4. The summed E-state index contributed by atoms with van der Waals surface area (Å²) in [4.78, 5) is 25.5. The van der Waals surface area contributed by atoms with E-state index in [0.717, 1.165) is 17.0 Å². The first kappa shape index (κ1) is 15.4. The van der Waals surface area contributed by atoms with Crippen LogP contribution in [0.5, 0.6) is 0 Å². The molecule has 0 radical (unpaired) electrons. The number of hydrogen-bond donors (Lipinski definition) is 1. The Hall–Kier alpha value is -1.98. The van der Waals surface area contributed by atoms with E-state index in [-0.39, 0.29) is 23.1 Å². The molecule has 1 aliphatic heterocycles. The summed E-state index contributed by atoms with van der Waals surface area (Å²) in [5, 5.41) is 2.61. The molecule has 1 aromatic rings. The van der Waals surface area contributed by atoms with Gasteiger partial charge in [0.25, 0.3) is 5.91 Å². The van der Waals surface area contributed by atoms with Crippen LogP contribution in [0.4, 0.5) is 14.5 Å². The summed E-state index contributed by atoms with van der Waals surface area (Å²) < 4.78 is 27.8. The van der Waals surface area contributed by atoms with Crippen LogP contribution in [0.25, 0.3) is 0 Å². The van der Waals surface area contributed by atoms with Gasteiger partial charge in [0.15, 0.2) is 0 Å². The van der Waals surface area contributed by atoms with Gasteiger partial charge in [-0.3, -0.25) is 14.5 Å². The summed E-state index contributed by atoms with van der Waals surface area (Å²) in [6.07, 6.45) is 0. The predicted molar refractivity (Wildman–Crippen MR) is 74.8 cm³/mol. The van der Waals surface area contributed by atoms with E-state index in [2.05, 4.69) is 5.32 Å². The van der Waals surface area contributed by atoms with Crippen molar-refractivity contribution >= 4 is 17.5 Å². The quantitative estimate of drug-likeness (QED) is 0.909. The van der Waals surface area contributed by atoms with E-state index in [4.69, 9.17) is 0 Å². The first-order valence-electron chi connectivity index (χ1n) is 6.83. The van der Waals surface area contributed by atoms with Gasteiger partial charge in [-0.1, -0.05) is 13.8 Å². The van der Waals surface area contributed by atoms with E-state index in [1.807, 2.05) is 0 Å². The van der Waals surface area contributed by atoms with Crippen LogP contribution < -0.4 is 10.2 Å². The second-order valence-electron chi connectivity index (χ2n) is 5.67. The maximum atomic E-state index is 14.1. The highest BCUT2D eigenvalue weighted by Gasteiger charge is 2.41. The summed E-state index contributed by atoms with van der Waals surface area (Å²) >= 11 is 0. The fourth-order valence-electron chi connectivity index (χ4n) is 2.39. The number of benzene rings is 1. The molecule has 2 unspecified atom stereocenters. The van der Waals surface area contributed by atoms with Gasteiger partial charge in [-0.2, -0.15) is 0 Å². The van der Waals surface area contributed by atoms with E-state index >= 15 is 0 Å². The number of carbonyl (C=O) groups is 2. The third-order valence-corrected chi connectivity index (χ3v) is 3.72. The molecule has 2 atom stereocenters. The highest BCUT2D eigenvalue weighted by Crippen LogP contribution is 2.28. The Morgan fingerprint density at radius 2 is 1.81 bits per heavy atom. The van der Waals surface area contributed by atoms with Crippen molar-refractivity contribution in [1.29, 1.82) is 0 Å². The summed E-state index contributed by atoms with van der Waals surface area (Å²) in [6.45, 7) is 6.49. The molecule has 1 heterocycles. The maximum absolute atomic E-state index is 14.1. The lowest BCUT2D eigenvalue weighted by Crippen LogP contribution is -2.64. The zero-order valence-corrected chi connectivity index (χ0v) is 12.4. The average molecular weight is 296 g/mol. The molecule has 1 fully saturated rings. The first-order chi connectivity index (χ1) is 9.73. The number of halogens is 2. The molecule has 0 spiro atoms. The molecule has 1 aromatic carbocycles. The molecule has 1 aliphatic rings. The van der Waals surface area contributed by atoms with Crippen molar-refractivity contribution in [3.05, 3.63) is 29.3 Å². The molecule has 0 saturated carbocycles. The number of anilines is 1. The minimum absolute atomic E-state index is 0.144. The Morgan fingerprint density at radius 3 is 2.38 bits per heavy atom. The number of carbonyl (C=O) groups excluding carboxylic acids is 2. The van der Waals surface area contributed by atoms with Crippen molar-refractivity contribution in [3.63, 3.8) is 0 Å². The van der Waals surface area contributed by atoms with Crippen molar-refractivity contribution in [3.8, 4) is 0 Å². The average Bonchev–Trinajstić information content (AvgIpc) is 2.39. The molecule has 4 nitrogen and oxygen atoms in total. The van der Waals surface area contributed by atoms with Crippen molar-refractivity contribution in [2.75, 3.05) is 4.90 Å². The predicted octanol–water partition coefficient (Wildman–Crippen LogP) is 2.15. The van der Waals surface area contributed by atoms with E-state index in [9.17, 15) is 18.4 Å². The van der Waals surface area contributed by atoms with E-state index < -0.39 is 29.6 Å². The number of piperazine rings is 1. The lowest BCUT2D eigenvalue weighted by atomic mass is 9.97. The molecule has 0 bridgehead atoms. The Balaban J connectivity index is 2.51. The zero-order chi connectivity index (χ0) is 15.9. The van der Waals surface area contributed by atoms with Gasteiger partial charge >= 0.3 is 0 Å². The second-order valence-corrected chi connectivity index (χ2v) is 5.67. The largest absolute Gasteiger partial charge is 0.342 e. The number of hydrogen-bond acceptors (Lipinski definition) is 2. The van der Waals surface area contributed by atoms with Gasteiger partial charge in [-0.25, -0.2) is 8.78 Å². The van der Waals surface area contributed by atoms with Gasteiger partial charge in [-0.15, -0.1) is 0 Å². The lowest BCUT2D eigenvalue weighted by molar-refractivity contribution is -0.134. The summed E-state index contributed by atoms with van der Waals surface area (Å²) in [5.74, 6) is -2.28. The fourth-order valence-corrected chi connectivity index (χ4v) is 2.39. The Kier molecular flexibility index (Phi) is 3.98. The van der Waals surface area contributed by atoms with Crippen molar-refractivity contribution < 1.29 is 18.4 Å². The third kappa shape index (κ3) is 2.62. The van der Waals surface area contributed by atoms with Crippen LogP contribution in [0, 0.1) is 24.5 Å². The standard InChI is InChI=1S/C15H18F2N2O2/c1-7(2)13-15(21)19(9(4)14(20)18-13)12-6-10(16)8(3)5-11(12)17/h5-7,9,13H,1-4H3,(H,18,20). The Bertz CT molecular complexity index is 602. The highest BCUT2D eigenvalue weighted by atomic mass is 19.1.